The summed E-state index contributed by atoms with van der Waals surface area (Å²) in [4.78, 5) is 0. The molecule has 5 heteroatoms. The van der Waals surface area contributed by atoms with Crippen LogP contribution in [0.3, 0.4) is 0 Å². The van der Waals surface area contributed by atoms with Crippen molar-refractivity contribution in [2.75, 3.05) is 11.6 Å². The van der Waals surface area contributed by atoms with Gasteiger partial charge in [0.05, 0.1) is 12.2 Å². The molecule has 0 bridgehead atoms. The summed E-state index contributed by atoms with van der Waals surface area (Å²) in [6, 6.07) is 8.47. The molecule has 16 heavy (non-hydrogen) atoms. The summed E-state index contributed by atoms with van der Waals surface area (Å²) in [7, 11) is 0. The molecule has 2 rings (SSSR count). The SMILES string of the molecule is CSCc1cccc(NCc2csnn2)c1. The molecule has 1 N–H and O–H groups in total. The molecule has 1 heterocycles. The van der Waals surface area contributed by atoms with Crippen molar-refractivity contribution in [2.24, 2.45) is 0 Å². The van der Waals surface area contributed by atoms with E-state index >= 15 is 0 Å². The van der Waals surface area contributed by atoms with E-state index in [1.165, 1.54) is 17.1 Å². The summed E-state index contributed by atoms with van der Waals surface area (Å²) in [6.07, 6.45) is 2.11. The number of hydrogen-bond donors (Lipinski definition) is 1. The van der Waals surface area contributed by atoms with E-state index in [0.29, 0.717) is 0 Å². The second kappa shape index (κ2) is 5.86. The lowest BCUT2D eigenvalue weighted by Gasteiger charge is -2.06. The molecule has 0 aliphatic heterocycles. The van der Waals surface area contributed by atoms with Gasteiger partial charge in [-0.05, 0) is 35.5 Å². The number of nitrogens with zero attached hydrogens (tertiary/aromatic N) is 2. The molecule has 0 amide bonds. The highest BCUT2D eigenvalue weighted by Crippen LogP contribution is 2.15. The van der Waals surface area contributed by atoms with Gasteiger partial charge in [-0.2, -0.15) is 11.8 Å². The fourth-order valence-electron chi connectivity index (χ4n) is 1.39. The van der Waals surface area contributed by atoms with E-state index in [1.54, 1.807) is 0 Å². The van der Waals surface area contributed by atoms with Gasteiger partial charge >= 0.3 is 0 Å². The van der Waals surface area contributed by atoms with E-state index in [4.69, 9.17) is 0 Å². The van der Waals surface area contributed by atoms with E-state index in [-0.39, 0.29) is 0 Å². The second-order valence-corrected chi connectivity index (χ2v) is 4.86. The van der Waals surface area contributed by atoms with Crippen LogP contribution < -0.4 is 5.32 Å². The average molecular weight is 251 g/mol. The lowest BCUT2D eigenvalue weighted by Crippen LogP contribution is -2.00. The molecule has 1 aromatic carbocycles. The maximum Gasteiger partial charge on any atom is 0.0946 e. The zero-order valence-electron chi connectivity index (χ0n) is 9.01. The number of hydrogen-bond acceptors (Lipinski definition) is 5. The Kier molecular flexibility index (Phi) is 4.18. The summed E-state index contributed by atoms with van der Waals surface area (Å²) < 4.78 is 3.83. The Balaban J connectivity index is 1.96. The Labute approximate surface area is 103 Å². The zero-order valence-corrected chi connectivity index (χ0v) is 10.6. The van der Waals surface area contributed by atoms with Crippen LogP contribution in [-0.2, 0) is 12.3 Å². The molecule has 0 aliphatic carbocycles. The van der Waals surface area contributed by atoms with Crippen LogP contribution in [0.1, 0.15) is 11.3 Å². The zero-order chi connectivity index (χ0) is 11.2. The molecule has 0 unspecified atom stereocenters. The van der Waals surface area contributed by atoms with Crippen molar-refractivity contribution in [3.05, 3.63) is 40.9 Å². The number of thioether (sulfide) groups is 1. The van der Waals surface area contributed by atoms with Gasteiger partial charge in [0.2, 0.25) is 0 Å². The first kappa shape index (κ1) is 11.4. The summed E-state index contributed by atoms with van der Waals surface area (Å²) >= 11 is 3.21. The first-order chi connectivity index (χ1) is 7.88. The predicted molar refractivity (Wildman–Crippen MR) is 70.9 cm³/mol. The standard InChI is InChI=1S/C11H13N3S2/c1-15-7-9-3-2-4-10(5-9)12-6-11-8-16-14-13-11/h2-5,8,12H,6-7H2,1H3. The van der Waals surface area contributed by atoms with Crippen LogP contribution in [0.5, 0.6) is 0 Å². The smallest absolute Gasteiger partial charge is 0.0946 e. The highest BCUT2D eigenvalue weighted by Gasteiger charge is 1.98. The molecule has 0 aliphatic rings. The Morgan fingerprint density at radius 2 is 2.38 bits per heavy atom. The van der Waals surface area contributed by atoms with Gasteiger partial charge in [0.15, 0.2) is 0 Å². The first-order valence-electron chi connectivity index (χ1n) is 4.96. The molecular weight excluding hydrogens is 238 g/mol. The van der Waals surface area contributed by atoms with E-state index in [9.17, 15) is 0 Å². The van der Waals surface area contributed by atoms with Crippen molar-refractivity contribution in [1.29, 1.82) is 0 Å². The van der Waals surface area contributed by atoms with Crippen molar-refractivity contribution in [2.45, 2.75) is 12.3 Å². The van der Waals surface area contributed by atoms with Crippen molar-refractivity contribution >= 4 is 29.0 Å². The van der Waals surface area contributed by atoms with Gasteiger partial charge in [-0.15, -0.1) is 5.10 Å². The molecule has 0 spiro atoms. The molecule has 0 saturated carbocycles. The largest absolute Gasteiger partial charge is 0.379 e. The van der Waals surface area contributed by atoms with Crippen LogP contribution in [-0.4, -0.2) is 15.8 Å². The van der Waals surface area contributed by atoms with Gasteiger partial charge in [0.25, 0.3) is 0 Å². The predicted octanol–water partition coefficient (Wildman–Crippen LogP) is 3.01. The Hall–Kier alpha value is -1.07. The summed E-state index contributed by atoms with van der Waals surface area (Å²) in [5.74, 6) is 1.05. The maximum absolute atomic E-state index is 3.99. The third-order valence-electron chi connectivity index (χ3n) is 2.12. The fourth-order valence-corrected chi connectivity index (χ4v) is 2.36. The number of rotatable bonds is 5. The summed E-state index contributed by atoms with van der Waals surface area (Å²) in [5.41, 5.74) is 3.47. The van der Waals surface area contributed by atoms with Gasteiger partial charge in [-0.1, -0.05) is 16.6 Å². The molecular formula is C11H13N3S2. The Morgan fingerprint density at radius 1 is 1.44 bits per heavy atom. The van der Waals surface area contributed by atoms with Crippen LogP contribution in [0.4, 0.5) is 5.69 Å². The second-order valence-electron chi connectivity index (χ2n) is 3.38. The minimum atomic E-state index is 0.735. The number of aromatic nitrogens is 2. The highest BCUT2D eigenvalue weighted by atomic mass is 32.2. The molecule has 0 atom stereocenters. The molecule has 0 saturated heterocycles. The monoisotopic (exact) mass is 251 g/mol. The van der Waals surface area contributed by atoms with Crippen LogP contribution >= 0.6 is 23.3 Å². The summed E-state index contributed by atoms with van der Waals surface area (Å²) in [5, 5.41) is 9.29. The van der Waals surface area contributed by atoms with Gasteiger partial charge in [-0.25, -0.2) is 0 Å². The highest BCUT2D eigenvalue weighted by molar-refractivity contribution is 7.97. The Morgan fingerprint density at radius 3 is 3.12 bits per heavy atom. The average Bonchev–Trinajstić information content (AvgIpc) is 2.80. The number of nitrogens with one attached hydrogen (secondary N) is 1. The van der Waals surface area contributed by atoms with E-state index in [1.807, 2.05) is 17.1 Å². The van der Waals surface area contributed by atoms with E-state index in [0.717, 1.165) is 23.7 Å². The van der Waals surface area contributed by atoms with Gasteiger partial charge in [-0.3, -0.25) is 0 Å². The van der Waals surface area contributed by atoms with Crippen molar-refractivity contribution in [1.82, 2.24) is 9.59 Å². The van der Waals surface area contributed by atoms with Crippen molar-refractivity contribution < 1.29 is 0 Å². The maximum atomic E-state index is 3.99. The van der Waals surface area contributed by atoms with Crippen molar-refractivity contribution in [3.63, 3.8) is 0 Å². The molecule has 0 radical (unpaired) electrons. The van der Waals surface area contributed by atoms with E-state index in [2.05, 4.69) is 45.4 Å². The minimum Gasteiger partial charge on any atom is -0.379 e. The third-order valence-corrected chi connectivity index (χ3v) is 3.29. The first-order valence-corrected chi connectivity index (χ1v) is 7.19. The van der Waals surface area contributed by atoms with Gasteiger partial charge in [0.1, 0.15) is 0 Å². The van der Waals surface area contributed by atoms with Gasteiger partial charge in [0, 0.05) is 16.8 Å². The van der Waals surface area contributed by atoms with Crippen LogP contribution in [0, 0.1) is 0 Å². The minimum absolute atomic E-state index is 0.735. The normalized spacial score (nSPS) is 10.3. The topological polar surface area (TPSA) is 37.8 Å². The number of benzene rings is 1. The molecule has 2 aromatic rings. The molecule has 1 aromatic heterocycles. The van der Waals surface area contributed by atoms with Crippen LogP contribution in [0.25, 0.3) is 0 Å². The lowest BCUT2D eigenvalue weighted by atomic mass is 10.2. The molecule has 84 valence electrons. The molecule has 0 fully saturated rings. The van der Waals surface area contributed by atoms with Crippen molar-refractivity contribution in [3.8, 4) is 0 Å². The summed E-state index contributed by atoms with van der Waals surface area (Å²) in [6.45, 7) is 0.735. The fraction of sp³-hybridized carbons (Fsp3) is 0.273. The van der Waals surface area contributed by atoms with Gasteiger partial charge < -0.3 is 5.32 Å². The molecule has 3 nitrogen and oxygen atoms in total. The van der Waals surface area contributed by atoms with Crippen LogP contribution in [0.15, 0.2) is 29.6 Å². The third kappa shape index (κ3) is 3.21. The van der Waals surface area contributed by atoms with Crippen LogP contribution in [0.2, 0.25) is 0 Å². The quantitative estimate of drug-likeness (QED) is 0.886. The number of anilines is 1. The van der Waals surface area contributed by atoms with E-state index < -0.39 is 0 Å². The Bertz CT molecular complexity index is 429. The lowest BCUT2D eigenvalue weighted by molar-refractivity contribution is 0.998.